The van der Waals surface area contributed by atoms with Gasteiger partial charge in [-0.1, -0.05) is 78.7 Å². The molecule has 4 aromatic rings. The van der Waals surface area contributed by atoms with Crippen molar-refractivity contribution in [2.45, 2.75) is 62.7 Å². The fourth-order valence-electron chi connectivity index (χ4n) is 5.19. The molecule has 47 heavy (non-hydrogen) atoms. The summed E-state index contributed by atoms with van der Waals surface area (Å²) < 4.78 is 0. The molecular formula is C35H41ClN6O4S. The first kappa shape index (κ1) is 35.6. The summed E-state index contributed by atoms with van der Waals surface area (Å²) in [4.78, 5) is 54.1. The zero-order chi connectivity index (χ0) is 33.8. The molecule has 0 fully saturated rings. The molecule has 4 rings (SSSR count). The number of carbonyl (C=O) groups excluding carboxylic acids is 4. The molecule has 0 saturated carbocycles. The van der Waals surface area contributed by atoms with Crippen molar-refractivity contribution >= 4 is 57.3 Å². The van der Waals surface area contributed by atoms with E-state index in [1.165, 1.54) is 11.3 Å². The van der Waals surface area contributed by atoms with Crippen LogP contribution in [0.25, 0.3) is 10.8 Å². The lowest BCUT2D eigenvalue weighted by atomic mass is 9.99. The number of rotatable bonds is 17. The van der Waals surface area contributed by atoms with E-state index in [9.17, 15) is 19.2 Å². The first-order valence-electron chi connectivity index (χ1n) is 15.5. The third-order valence-electron chi connectivity index (χ3n) is 7.82. The van der Waals surface area contributed by atoms with Crippen LogP contribution in [-0.4, -0.2) is 54.3 Å². The van der Waals surface area contributed by atoms with E-state index in [-0.39, 0.29) is 19.3 Å². The van der Waals surface area contributed by atoms with E-state index in [1.54, 1.807) is 24.3 Å². The number of amides is 4. The Morgan fingerprint density at radius 1 is 0.702 bits per heavy atom. The zero-order valence-electron chi connectivity index (χ0n) is 26.0. The summed E-state index contributed by atoms with van der Waals surface area (Å²) in [5.74, 6) is -2.35. The second kappa shape index (κ2) is 17.6. The molecule has 0 spiro atoms. The molecule has 4 atom stereocenters. The molecule has 4 unspecified atom stereocenters. The number of carbonyl (C=O) groups is 4. The van der Waals surface area contributed by atoms with Crippen molar-refractivity contribution in [1.29, 1.82) is 0 Å². The molecule has 248 valence electrons. The van der Waals surface area contributed by atoms with Crippen molar-refractivity contribution in [3.05, 3.63) is 105 Å². The lowest BCUT2D eigenvalue weighted by Crippen LogP contribution is -2.58. The Kier molecular flexibility index (Phi) is 13.3. The first-order chi connectivity index (χ1) is 22.6. The van der Waals surface area contributed by atoms with Gasteiger partial charge in [0.15, 0.2) is 0 Å². The van der Waals surface area contributed by atoms with Crippen LogP contribution in [0.4, 0.5) is 0 Å². The van der Waals surface area contributed by atoms with Gasteiger partial charge in [0.1, 0.15) is 18.1 Å². The smallest absolute Gasteiger partial charge is 0.243 e. The summed E-state index contributed by atoms with van der Waals surface area (Å²) in [5.41, 5.74) is 18.9. The van der Waals surface area contributed by atoms with E-state index in [2.05, 4.69) is 16.0 Å². The molecule has 0 aliphatic carbocycles. The molecule has 0 aliphatic rings. The van der Waals surface area contributed by atoms with Crippen LogP contribution in [0.2, 0.25) is 5.02 Å². The lowest BCUT2D eigenvalue weighted by Gasteiger charge is -2.26. The van der Waals surface area contributed by atoms with E-state index in [1.807, 2.05) is 60.0 Å². The topological polar surface area (TPSA) is 182 Å². The molecule has 1 aromatic heterocycles. The molecule has 4 amide bonds. The van der Waals surface area contributed by atoms with Crippen LogP contribution in [0.1, 0.15) is 35.3 Å². The fraction of sp³-hybridized carbons (Fsp3) is 0.314. The predicted molar refractivity (Wildman–Crippen MR) is 187 cm³/mol. The SMILES string of the molecule is NCCCCC(N)C(=O)NC(Cc1ccc(Cl)cc1)C(=O)NC(Cc1ccc2ccccc2c1)C(=O)NC(Cc1cccs1)C(N)=O. The molecule has 9 N–H and O–H groups in total. The van der Waals surface area contributed by atoms with E-state index in [0.29, 0.717) is 24.4 Å². The van der Waals surface area contributed by atoms with Gasteiger partial charge in [-0.25, -0.2) is 0 Å². The average molecular weight is 677 g/mol. The summed E-state index contributed by atoms with van der Waals surface area (Å²) in [6.07, 6.45) is 2.25. The lowest BCUT2D eigenvalue weighted by molar-refractivity contribution is -0.133. The first-order valence-corrected chi connectivity index (χ1v) is 16.8. The minimum atomic E-state index is -1.10. The number of nitrogens with one attached hydrogen (secondary N) is 3. The van der Waals surface area contributed by atoms with E-state index in [0.717, 1.165) is 33.2 Å². The minimum absolute atomic E-state index is 0.118. The number of thiophene rings is 1. The van der Waals surface area contributed by atoms with Gasteiger partial charge in [-0.3, -0.25) is 19.2 Å². The molecule has 3 aromatic carbocycles. The number of hydrogen-bond acceptors (Lipinski definition) is 7. The summed E-state index contributed by atoms with van der Waals surface area (Å²) in [7, 11) is 0. The second-order valence-corrected chi connectivity index (χ2v) is 12.9. The molecule has 0 bridgehead atoms. The second-order valence-electron chi connectivity index (χ2n) is 11.5. The Morgan fingerprint density at radius 2 is 1.32 bits per heavy atom. The highest BCUT2D eigenvalue weighted by molar-refractivity contribution is 7.09. The number of fused-ring (bicyclic) bond motifs is 1. The normalized spacial score (nSPS) is 13.7. The monoisotopic (exact) mass is 676 g/mol. The standard InChI is InChI=1S/C35H41ClN6O4S/c36-26-14-11-22(12-15-26)19-30(41-33(44)28(38)9-3-4-16-37)35(46)42-31(20-23-10-13-24-6-1-2-7-25(24)18-23)34(45)40-29(32(39)43)21-27-8-5-17-47-27/h1-2,5-8,10-15,17-18,28-31H,3-4,9,16,19-21,37-38H2,(H2,39,43)(H,40,45)(H,41,44)(H,42,46). The quantitative estimate of drug-likeness (QED) is 0.0935. The molecular weight excluding hydrogens is 636 g/mol. The summed E-state index contributed by atoms with van der Waals surface area (Å²) in [6.45, 7) is 0.487. The Morgan fingerprint density at radius 3 is 1.96 bits per heavy atom. The van der Waals surface area contributed by atoms with Crippen LogP contribution in [0.5, 0.6) is 0 Å². The third kappa shape index (κ3) is 10.9. The highest BCUT2D eigenvalue weighted by Crippen LogP contribution is 2.18. The van der Waals surface area contributed by atoms with Gasteiger partial charge in [-0.15, -0.1) is 11.3 Å². The summed E-state index contributed by atoms with van der Waals surface area (Å²) in [5, 5.41) is 12.8. The highest BCUT2D eigenvalue weighted by Gasteiger charge is 2.30. The van der Waals surface area contributed by atoms with E-state index >= 15 is 0 Å². The van der Waals surface area contributed by atoms with Crippen LogP contribution in [0, 0.1) is 0 Å². The van der Waals surface area contributed by atoms with Crippen molar-refractivity contribution in [3.63, 3.8) is 0 Å². The van der Waals surface area contributed by atoms with Gasteiger partial charge in [0, 0.05) is 29.2 Å². The number of primary amides is 1. The summed E-state index contributed by atoms with van der Waals surface area (Å²) in [6, 6.07) is 20.2. The Hall–Kier alpha value is -4.29. The number of unbranched alkanes of at least 4 members (excludes halogenated alkanes) is 1. The molecule has 10 nitrogen and oxygen atoms in total. The van der Waals surface area contributed by atoms with Crippen LogP contribution < -0.4 is 33.2 Å². The van der Waals surface area contributed by atoms with Gasteiger partial charge in [0.25, 0.3) is 0 Å². The molecule has 0 saturated heterocycles. The predicted octanol–water partition coefficient (Wildman–Crippen LogP) is 2.98. The van der Waals surface area contributed by atoms with Crippen LogP contribution >= 0.6 is 22.9 Å². The Balaban J connectivity index is 1.59. The van der Waals surface area contributed by atoms with Crippen molar-refractivity contribution in [2.75, 3.05) is 6.54 Å². The Labute approximate surface area is 283 Å². The van der Waals surface area contributed by atoms with Crippen LogP contribution in [0.15, 0.2) is 84.2 Å². The molecule has 0 radical (unpaired) electrons. The summed E-state index contributed by atoms with van der Waals surface area (Å²) >= 11 is 7.52. The van der Waals surface area contributed by atoms with Gasteiger partial charge in [-0.2, -0.15) is 0 Å². The number of hydrogen-bond donors (Lipinski definition) is 6. The van der Waals surface area contributed by atoms with Crippen molar-refractivity contribution in [1.82, 2.24) is 16.0 Å². The van der Waals surface area contributed by atoms with Gasteiger partial charge in [0.05, 0.1) is 6.04 Å². The van der Waals surface area contributed by atoms with Gasteiger partial charge in [-0.05, 0) is 64.9 Å². The maximum atomic E-state index is 13.9. The number of nitrogens with two attached hydrogens (primary N) is 3. The third-order valence-corrected chi connectivity index (χ3v) is 8.97. The maximum Gasteiger partial charge on any atom is 0.243 e. The number of benzene rings is 3. The maximum absolute atomic E-state index is 13.9. The van der Waals surface area contributed by atoms with Crippen molar-refractivity contribution in [3.8, 4) is 0 Å². The average Bonchev–Trinajstić information content (AvgIpc) is 3.58. The van der Waals surface area contributed by atoms with Gasteiger partial charge < -0.3 is 33.2 Å². The van der Waals surface area contributed by atoms with E-state index in [4.69, 9.17) is 28.8 Å². The fourth-order valence-corrected chi connectivity index (χ4v) is 6.07. The zero-order valence-corrected chi connectivity index (χ0v) is 27.6. The van der Waals surface area contributed by atoms with Crippen molar-refractivity contribution in [2.24, 2.45) is 17.2 Å². The van der Waals surface area contributed by atoms with Gasteiger partial charge >= 0.3 is 0 Å². The van der Waals surface area contributed by atoms with Crippen LogP contribution in [-0.2, 0) is 38.4 Å². The largest absolute Gasteiger partial charge is 0.368 e. The van der Waals surface area contributed by atoms with Crippen LogP contribution in [0.3, 0.4) is 0 Å². The highest BCUT2D eigenvalue weighted by atomic mass is 35.5. The molecule has 0 aliphatic heterocycles. The van der Waals surface area contributed by atoms with Crippen molar-refractivity contribution < 1.29 is 19.2 Å². The minimum Gasteiger partial charge on any atom is -0.368 e. The number of halogens is 1. The van der Waals surface area contributed by atoms with E-state index < -0.39 is 47.8 Å². The molecule has 12 heteroatoms. The molecule has 1 heterocycles. The Bertz CT molecular complexity index is 1650. The van der Waals surface area contributed by atoms with Gasteiger partial charge in [0.2, 0.25) is 23.6 Å².